The van der Waals surface area contributed by atoms with Gasteiger partial charge in [-0.2, -0.15) is 0 Å². The standard InChI is InChI=1S/C22H20N2/c1-23(2)14-24-20-10-6-5-9-18(20)19-12-11-16-13-15-7-3-4-8-17(15)21(16)22(19)24/h3-12H,13-14H2,1-2H3. The number of rotatable bonds is 2. The lowest BCUT2D eigenvalue weighted by Gasteiger charge is -2.15. The van der Waals surface area contributed by atoms with Gasteiger partial charge in [-0.05, 0) is 43.3 Å². The fourth-order valence-electron chi connectivity index (χ4n) is 4.19. The van der Waals surface area contributed by atoms with Crippen LogP contribution in [0.5, 0.6) is 0 Å². The number of hydrogen-bond acceptors (Lipinski definition) is 1. The Bertz CT molecular complexity index is 1090. The molecular formula is C22H20N2. The van der Waals surface area contributed by atoms with Gasteiger partial charge in [0.05, 0.1) is 17.7 Å². The first kappa shape index (κ1) is 13.8. The molecule has 1 aromatic heterocycles. The summed E-state index contributed by atoms with van der Waals surface area (Å²) in [5.74, 6) is 0. The van der Waals surface area contributed by atoms with Crippen molar-refractivity contribution in [2.24, 2.45) is 0 Å². The first-order valence-electron chi connectivity index (χ1n) is 8.50. The SMILES string of the molecule is CN(C)Cn1c2ccccc2c2ccc3c(c21)-c1ccccc1C3. The Morgan fingerprint density at radius 1 is 0.833 bits per heavy atom. The van der Waals surface area contributed by atoms with Gasteiger partial charge in [0.1, 0.15) is 0 Å². The van der Waals surface area contributed by atoms with Gasteiger partial charge in [-0.25, -0.2) is 0 Å². The highest BCUT2D eigenvalue weighted by atomic mass is 15.2. The van der Waals surface area contributed by atoms with Gasteiger partial charge in [-0.1, -0.05) is 54.6 Å². The van der Waals surface area contributed by atoms with E-state index in [1.807, 2.05) is 0 Å². The van der Waals surface area contributed by atoms with E-state index in [0.29, 0.717) is 0 Å². The summed E-state index contributed by atoms with van der Waals surface area (Å²) in [4.78, 5) is 2.24. The van der Waals surface area contributed by atoms with E-state index in [1.165, 1.54) is 44.1 Å². The summed E-state index contributed by atoms with van der Waals surface area (Å²) in [6.07, 6.45) is 1.05. The molecule has 0 atom stereocenters. The maximum atomic E-state index is 2.48. The summed E-state index contributed by atoms with van der Waals surface area (Å²) < 4.78 is 2.48. The molecule has 2 heteroatoms. The van der Waals surface area contributed by atoms with E-state index >= 15 is 0 Å². The predicted molar refractivity (Wildman–Crippen MR) is 101 cm³/mol. The minimum Gasteiger partial charge on any atom is -0.326 e. The fraction of sp³-hybridized carbons (Fsp3) is 0.182. The minimum absolute atomic E-state index is 0.892. The Balaban J connectivity index is 1.96. The average molecular weight is 312 g/mol. The van der Waals surface area contributed by atoms with Crippen molar-refractivity contribution in [3.63, 3.8) is 0 Å². The van der Waals surface area contributed by atoms with Crippen LogP contribution in [0.15, 0.2) is 60.7 Å². The second kappa shape index (κ2) is 4.96. The lowest BCUT2D eigenvalue weighted by molar-refractivity contribution is 0.338. The summed E-state index contributed by atoms with van der Waals surface area (Å²) in [7, 11) is 4.27. The van der Waals surface area contributed by atoms with E-state index in [2.05, 4.69) is 84.2 Å². The number of fused-ring (bicyclic) bond motifs is 7. The topological polar surface area (TPSA) is 8.17 Å². The first-order chi connectivity index (χ1) is 11.7. The summed E-state index contributed by atoms with van der Waals surface area (Å²) in [5, 5.41) is 2.71. The highest BCUT2D eigenvalue weighted by Crippen LogP contribution is 2.44. The molecule has 1 aliphatic rings. The summed E-state index contributed by atoms with van der Waals surface area (Å²) in [6.45, 7) is 0.892. The molecule has 1 aliphatic carbocycles. The van der Waals surface area contributed by atoms with Crippen LogP contribution in [0.3, 0.4) is 0 Å². The lowest BCUT2D eigenvalue weighted by atomic mass is 10.0. The number of benzene rings is 3. The Kier molecular flexibility index (Phi) is 2.85. The molecular weight excluding hydrogens is 292 g/mol. The van der Waals surface area contributed by atoms with Crippen LogP contribution in [-0.2, 0) is 13.1 Å². The van der Waals surface area contributed by atoms with Gasteiger partial charge in [0, 0.05) is 16.3 Å². The van der Waals surface area contributed by atoms with Gasteiger partial charge in [0.2, 0.25) is 0 Å². The van der Waals surface area contributed by atoms with Crippen molar-refractivity contribution in [1.29, 1.82) is 0 Å². The number of aromatic nitrogens is 1. The Morgan fingerprint density at radius 2 is 1.62 bits per heavy atom. The second-order valence-corrected chi connectivity index (χ2v) is 7.00. The summed E-state index contributed by atoms with van der Waals surface area (Å²) in [5.41, 5.74) is 8.43. The molecule has 2 nitrogen and oxygen atoms in total. The zero-order valence-electron chi connectivity index (χ0n) is 14.1. The third kappa shape index (κ3) is 1.80. The second-order valence-electron chi connectivity index (χ2n) is 7.00. The largest absolute Gasteiger partial charge is 0.326 e. The third-order valence-corrected chi connectivity index (χ3v) is 5.11. The smallest absolute Gasteiger partial charge is 0.0752 e. The molecule has 0 N–H and O–H groups in total. The Morgan fingerprint density at radius 3 is 2.50 bits per heavy atom. The summed E-state index contributed by atoms with van der Waals surface area (Å²) in [6, 6.07) is 22.3. The van der Waals surface area contributed by atoms with Crippen molar-refractivity contribution in [3.05, 3.63) is 71.8 Å². The Hall–Kier alpha value is -2.58. The van der Waals surface area contributed by atoms with Crippen molar-refractivity contribution in [2.75, 3.05) is 14.1 Å². The summed E-state index contributed by atoms with van der Waals surface area (Å²) >= 11 is 0. The molecule has 118 valence electrons. The minimum atomic E-state index is 0.892. The molecule has 4 aromatic rings. The lowest BCUT2D eigenvalue weighted by Crippen LogP contribution is -2.16. The number of nitrogens with zero attached hydrogens (tertiary/aromatic N) is 2. The maximum Gasteiger partial charge on any atom is 0.0752 e. The predicted octanol–water partition coefficient (Wildman–Crippen LogP) is 4.88. The monoisotopic (exact) mass is 312 g/mol. The quantitative estimate of drug-likeness (QED) is 0.451. The van der Waals surface area contributed by atoms with E-state index in [0.717, 1.165) is 13.1 Å². The molecule has 0 unspecified atom stereocenters. The molecule has 0 saturated heterocycles. The molecule has 0 saturated carbocycles. The molecule has 0 fully saturated rings. The van der Waals surface area contributed by atoms with Crippen LogP contribution < -0.4 is 0 Å². The van der Waals surface area contributed by atoms with Gasteiger partial charge in [-0.3, -0.25) is 4.90 Å². The normalized spacial score (nSPS) is 13.0. The van der Waals surface area contributed by atoms with E-state index in [9.17, 15) is 0 Å². The molecule has 1 heterocycles. The zero-order valence-corrected chi connectivity index (χ0v) is 14.1. The van der Waals surface area contributed by atoms with Crippen LogP contribution in [-0.4, -0.2) is 23.6 Å². The van der Waals surface area contributed by atoms with Crippen molar-refractivity contribution >= 4 is 21.8 Å². The number of hydrogen-bond donors (Lipinski definition) is 0. The van der Waals surface area contributed by atoms with E-state index in [1.54, 1.807) is 0 Å². The van der Waals surface area contributed by atoms with Gasteiger partial charge in [-0.15, -0.1) is 0 Å². The van der Waals surface area contributed by atoms with Crippen LogP contribution >= 0.6 is 0 Å². The van der Waals surface area contributed by atoms with Gasteiger partial charge in [0.15, 0.2) is 0 Å². The maximum absolute atomic E-state index is 2.48. The third-order valence-electron chi connectivity index (χ3n) is 5.11. The molecule has 0 bridgehead atoms. The van der Waals surface area contributed by atoms with E-state index < -0.39 is 0 Å². The van der Waals surface area contributed by atoms with Crippen LogP contribution in [0.2, 0.25) is 0 Å². The highest BCUT2D eigenvalue weighted by Gasteiger charge is 2.24. The fourth-order valence-corrected chi connectivity index (χ4v) is 4.19. The molecule has 0 radical (unpaired) electrons. The molecule has 5 rings (SSSR count). The molecule has 0 spiro atoms. The van der Waals surface area contributed by atoms with Crippen molar-refractivity contribution in [1.82, 2.24) is 9.47 Å². The van der Waals surface area contributed by atoms with Crippen LogP contribution in [0.4, 0.5) is 0 Å². The van der Waals surface area contributed by atoms with Crippen LogP contribution in [0.1, 0.15) is 11.1 Å². The van der Waals surface area contributed by atoms with Crippen molar-refractivity contribution < 1.29 is 0 Å². The van der Waals surface area contributed by atoms with Crippen LogP contribution in [0.25, 0.3) is 32.9 Å². The molecule has 3 aromatic carbocycles. The van der Waals surface area contributed by atoms with Gasteiger partial charge < -0.3 is 4.57 Å². The zero-order chi connectivity index (χ0) is 16.3. The van der Waals surface area contributed by atoms with Crippen molar-refractivity contribution in [2.45, 2.75) is 13.1 Å². The molecule has 0 amide bonds. The average Bonchev–Trinajstić information content (AvgIpc) is 3.11. The Labute approximate surface area is 141 Å². The van der Waals surface area contributed by atoms with Gasteiger partial charge >= 0.3 is 0 Å². The first-order valence-corrected chi connectivity index (χ1v) is 8.50. The van der Waals surface area contributed by atoms with Gasteiger partial charge in [0.25, 0.3) is 0 Å². The van der Waals surface area contributed by atoms with E-state index in [-0.39, 0.29) is 0 Å². The highest BCUT2D eigenvalue weighted by molar-refractivity contribution is 6.14. The molecule has 24 heavy (non-hydrogen) atoms. The van der Waals surface area contributed by atoms with Crippen molar-refractivity contribution in [3.8, 4) is 11.1 Å². The van der Waals surface area contributed by atoms with Crippen LogP contribution in [0, 0.1) is 0 Å². The molecule has 0 aliphatic heterocycles. The van der Waals surface area contributed by atoms with E-state index in [4.69, 9.17) is 0 Å². The number of para-hydroxylation sites is 1.